The van der Waals surface area contributed by atoms with Crippen molar-refractivity contribution >= 4 is 23.4 Å². The molecule has 1 saturated carbocycles. The van der Waals surface area contributed by atoms with E-state index in [0.29, 0.717) is 29.9 Å². The third kappa shape index (κ3) is 5.17. The number of alkyl halides is 1. The molecule has 8 nitrogen and oxygen atoms in total. The number of likely N-dealkylation sites (N-methyl/N-ethyl adjacent to an activating group) is 1. The molecule has 1 aromatic carbocycles. The number of hydrogen-bond donors (Lipinski definition) is 3. The number of amides is 2. The molecule has 0 aliphatic heterocycles. The molecule has 3 aromatic rings. The number of rotatable bonds is 8. The highest BCUT2D eigenvalue weighted by Gasteiger charge is 2.43. The second-order valence-corrected chi connectivity index (χ2v) is 9.78. The van der Waals surface area contributed by atoms with Gasteiger partial charge in [-0.05, 0) is 29.7 Å². The fourth-order valence-corrected chi connectivity index (χ4v) is 5.01. The Bertz CT molecular complexity index is 1340. The number of benzene rings is 1. The Morgan fingerprint density at radius 3 is 2.68 bits per heavy atom. The number of nitrogens with zero attached hydrogens (tertiary/aromatic N) is 2. The second kappa shape index (κ2) is 10.3. The quantitative estimate of drug-likeness (QED) is 0.436. The Morgan fingerprint density at radius 1 is 1.22 bits per heavy atom. The number of carbonyl (C=O) groups excluding carboxylic acids is 3. The van der Waals surface area contributed by atoms with Gasteiger partial charge in [0.25, 0.3) is 0 Å². The fourth-order valence-electron chi connectivity index (χ4n) is 5.01. The highest BCUT2D eigenvalue weighted by Crippen LogP contribution is 2.38. The first-order valence-electron chi connectivity index (χ1n) is 12.4. The van der Waals surface area contributed by atoms with Crippen molar-refractivity contribution in [1.82, 2.24) is 14.9 Å². The van der Waals surface area contributed by atoms with Crippen molar-refractivity contribution in [3.8, 4) is 11.3 Å². The number of carbonyl (C=O) groups is 3. The Kier molecular flexibility index (Phi) is 6.88. The zero-order chi connectivity index (χ0) is 26.1. The van der Waals surface area contributed by atoms with Crippen LogP contribution in [0.5, 0.6) is 0 Å². The van der Waals surface area contributed by atoms with Crippen molar-refractivity contribution in [2.24, 2.45) is 11.8 Å². The van der Waals surface area contributed by atoms with Crippen LogP contribution in [0.15, 0.2) is 48.7 Å². The summed E-state index contributed by atoms with van der Waals surface area (Å²) < 4.78 is 13.3. The number of nitrogens with one attached hydrogen (secondary N) is 2. The lowest BCUT2D eigenvalue weighted by Gasteiger charge is -2.26. The smallest absolute Gasteiger partial charge is 0.231 e. The van der Waals surface area contributed by atoms with Gasteiger partial charge in [-0.3, -0.25) is 14.4 Å². The average Bonchev–Trinajstić information content (AvgIpc) is 3.52. The molecule has 3 atom stereocenters. The summed E-state index contributed by atoms with van der Waals surface area (Å²) in [5.41, 5.74) is 4.62. The van der Waals surface area contributed by atoms with Gasteiger partial charge in [-0.1, -0.05) is 30.3 Å². The third-order valence-corrected chi connectivity index (χ3v) is 7.08. The SMILES string of the molecule is CN(CCO)C(=O)C1CC(=O)c2c([nH]c(-c3ccnc(NC(=O)C4C[C@H]4F)c3)c2Cc2ccccc2)C1. The first-order valence-corrected chi connectivity index (χ1v) is 12.4. The minimum atomic E-state index is -1.10. The summed E-state index contributed by atoms with van der Waals surface area (Å²) in [5.74, 6) is -1.49. The number of halogens is 1. The number of ketones is 1. The lowest BCUT2D eigenvalue weighted by molar-refractivity contribution is -0.134. The summed E-state index contributed by atoms with van der Waals surface area (Å²) in [7, 11) is 1.62. The first-order chi connectivity index (χ1) is 17.9. The standard InChI is InChI=1S/C28H29FN4O4/c1-33(9-10-34)28(37)18-12-22-25(23(35)13-18)20(11-16-5-3-2-4-6-16)26(31-22)17-7-8-30-24(14-17)32-27(36)19-15-21(19)29/h2-8,14,18-19,21,31,34H,9-13,15H2,1H3,(H,30,32,36)/t18?,19?,21-/m1/s1. The van der Waals surface area contributed by atoms with Crippen LogP contribution in [0, 0.1) is 11.8 Å². The maximum atomic E-state index is 13.4. The molecule has 2 heterocycles. The lowest BCUT2D eigenvalue weighted by Crippen LogP contribution is -2.38. The molecular formula is C28H29FN4O4. The molecular weight excluding hydrogens is 475 g/mol. The maximum Gasteiger partial charge on any atom is 0.231 e. The van der Waals surface area contributed by atoms with Gasteiger partial charge >= 0.3 is 0 Å². The van der Waals surface area contributed by atoms with Crippen molar-refractivity contribution in [2.75, 3.05) is 25.5 Å². The van der Waals surface area contributed by atoms with Gasteiger partial charge in [0.05, 0.1) is 24.1 Å². The minimum absolute atomic E-state index is 0.101. The number of aromatic nitrogens is 2. The van der Waals surface area contributed by atoms with Crippen LogP contribution in [-0.2, 0) is 22.4 Å². The molecule has 2 aliphatic carbocycles. The highest BCUT2D eigenvalue weighted by molar-refractivity contribution is 6.04. The number of Topliss-reactive ketones (excluding diaryl/α,β-unsaturated/α-hetero) is 1. The first kappa shape index (κ1) is 24.8. The maximum absolute atomic E-state index is 13.4. The molecule has 3 N–H and O–H groups in total. The fraction of sp³-hybridized carbons (Fsp3) is 0.357. The molecule has 0 spiro atoms. The van der Waals surface area contributed by atoms with Crippen LogP contribution >= 0.6 is 0 Å². The number of anilines is 1. The Hall–Kier alpha value is -3.85. The monoisotopic (exact) mass is 504 g/mol. The van der Waals surface area contributed by atoms with Crippen LogP contribution in [0.4, 0.5) is 10.2 Å². The summed E-state index contributed by atoms with van der Waals surface area (Å²) in [4.78, 5) is 47.6. The lowest BCUT2D eigenvalue weighted by atomic mass is 9.83. The number of aliphatic hydroxyl groups is 1. The van der Waals surface area contributed by atoms with Crippen LogP contribution in [0.2, 0.25) is 0 Å². The van der Waals surface area contributed by atoms with Crippen LogP contribution in [0.3, 0.4) is 0 Å². The summed E-state index contributed by atoms with van der Waals surface area (Å²) >= 11 is 0. The van der Waals surface area contributed by atoms with Gasteiger partial charge in [-0.25, -0.2) is 9.37 Å². The van der Waals surface area contributed by atoms with E-state index >= 15 is 0 Å². The summed E-state index contributed by atoms with van der Waals surface area (Å²) in [6.45, 7) is 0.0663. The van der Waals surface area contributed by atoms with Crippen LogP contribution < -0.4 is 5.32 Å². The Labute approximate surface area is 213 Å². The van der Waals surface area contributed by atoms with Crippen molar-refractivity contribution < 1.29 is 23.9 Å². The van der Waals surface area contributed by atoms with E-state index in [2.05, 4.69) is 15.3 Å². The van der Waals surface area contributed by atoms with Crippen molar-refractivity contribution in [3.05, 3.63) is 71.0 Å². The third-order valence-electron chi connectivity index (χ3n) is 7.08. The summed E-state index contributed by atoms with van der Waals surface area (Å²) in [6.07, 6.45) is 1.68. The van der Waals surface area contributed by atoms with Gasteiger partial charge in [0.15, 0.2) is 5.78 Å². The predicted octanol–water partition coefficient (Wildman–Crippen LogP) is 3.16. The van der Waals surface area contributed by atoms with Gasteiger partial charge in [0, 0.05) is 55.9 Å². The van der Waals surface area contributed by atoms with E-state index in [-0.39, 0.29) is 37.7 Å². The van der Waals surface area contributed by atoms with Gasteiger partial charge in [-0.15, -0.1) is 0 Å². The van der Waals surface area contributed by atoms with E-state index < -0.39 is 23.9 Å². The number of aromatic amines is 1. The Balaban J connectivity index is 1.51. The number of hydrogen-bond acceptors (Lipinski definition) is 5. The summed E-state index contributed by atoms with van der Waals surface area (Å²) in [6, 6.07) is 13.3. The van der Waals surface area contributed by atoms with Crippen LogP contribution in [0.25, 0.3) is 11.3 Å². The number of fused-ring (bicyclic) bond motifs is 1. The van der Waals surface area contributed by atoms with Crippen LogP contribution in [0.1, 0.15) is 40.0 Å². The van der Waals surface area contributed by atoms with Crippen molar-refractivity contribution in [1.29, 1.82) is 0 Å². The highest BCUT2D eigenvalue weighted by atomic mass is 19.1. The average molecular weight is 505 g/mol. The largest absolute Gasteiger partial charge is 0.395 e. The molecule has 9 heteroatoms. The molecule has 2 unspecified atom stereocenters. The Morgan fingerprint density at radius 2 is 1.97 bits per heavy atom. The van der Waals surface area contributed by atoms with E-state index in [0.717, 1.165) is 22.4 Å². The topological polar surface area (TPSA) is 115 Å². The zero-order valence-corrected chi connectivity index (χ0v) is 20.5. The van der Waals surface area contributed by atoms with E-state index in [9.17, 15) is 23.9 Å². The van der Waals surface area contributed by atoms with Crippen molar-refractivity contribution in [3.63, 3.8) is 0 Å². The summed E-state index contributed by atoms with van der Waals surface area (Å²) in [5, 5.41) is 11.9. The van der Waals surface area contributed by atoms with E-state index in [1.165, 1.54) is 4.90 Å². The second-order valence-electron chi connectivity index (χ2n) is 9.78. The zero-order valence-electron chi connectivity index (χ0n) is 20.5. The predicted molar refractivity (Wildman–Crippen MR) is 136 cm³/mol. The minimum Gasteiger partial charge on any atom is -0.395 e. The molecule has 0 radical (unpaired) electrons. The number of aliphatic hydroxyl groups excluding tert-OH is 1. The van der Waals surface area contributed by atoms with Crippen molar-refractivity contribution in [2.45, 2.75) is 31.9 Å². The number of H-pyrrole nitrogens is 1. The molecule has 0 saturated heterocycles. The normalized spacial score (nSPS) is 20.3. The molecule has 37 heavy (non-hydrogen) atoms. The van der Waals surface area contributed by atoms with E-state index in [1.807, 2.05) is 30.3 Å². The van der Waals surface area contributed by atoms with Gasteiger partial charge in [0.2, 0.25) is 11.8 Å². The van der Waals surface area contributed by atoms with Gasteiger partial charge in [0.1, 0.15) is 12.0 Å². The van der Waals surface area contributed by atoms with Gasteiger partial charge < -0.3 is 20.3 Å². The molecule has 192 valence electrons. The molecule has 2 aliphatic rings. The number of pyridine rings is 1. The molecule has 0 bridgehead atoms. The van der Waals surface area contributed by atoms with Crippen LogP contribution in [-0.4, -0.2) is 63.9 Å². The molecule has 2 aromatic heterocycles. The van der Waals surface area contributed by atoms with E-state index in [4.69, 9.17) is 0 Å². The van der Waals surface area contributed by atoms with E-state index in [1.54, 1.807) is 25.4 Å². The molecule has 5 rings (SSSR count). The molecule has 1 fully saturated rings. The van der Waals surface area contributed by atoms with Gasteiger partial charge in [-0.2, -0.15) is 0 Å². The molecule has 2 amide bonds.